The molecule has 0 bridgehead atoms. The molecule has 0 aromatic heterocycles. The fraction of sp³-hybridized carbons (Fsp3) is 0.250. The van der Waals surface area contributed by atoms with Gasteiger partial charge < -0.3 is 5.73 Å². The predicted molar refractivity (Wildman–Crippen MR) is 72.6 cm³/mol. The maximum atomic E-state index is 13.7. The summed E-state index contributed by atoms with van der Waals surface area (Å²) < 4.78 is 40.8. The lowest BCUT2D eigenvalue weighted by Gasteiger charge is -2.29. The minimum Gasteiger partial charge on any atom is -0.321 e. The van der Waals surface area contributed by atoms with Crippen LogP contribution in [0.15, 0.2) is 42.5 Å². The molecule has 2 rings (SSSR count). The molecule has 2 aromatic rings. The molecule has 0 saturated carbocycles. The average Bonchev–Trinajstić information content (AvgIpc) is 2.43. The number of hydrogen-bond acceptors (Lipinski definition) is 1. The van der Waals surface area contributed by atoms with Crippen molar-refractivity contribution in [1.29, 1.82) is 0 Å². The topological polar surface area (TPSA) is 26.0 Å². The highest BCUT2D eigenvalue weighted by atomic mass is 19.1. The maximum Gasteiger partial charge on any atom is 0.129 e. The van der Waals surface area contributed by atoms with Crippen molar-refractivity contribution >= 4 is 0 Å². The Hall–Kier alpha value is -1.81. The molecule has 0 aliphatic rings. The largest absolute Gasteiger partial charge is 0.321 e. The van der Waals surface area contributed by atoms with E-state index in [1.165, 1.54) is 30.3 Å². The standard InChI is InChI=1S/C16H16F3N/c1-2-16(20,11-5-3-6-12(17)9-11)10-13-14(18)7-4-8-15(13)19/h3-9H,2,10,20H2,1H3. The summed E-state index contributed by atoms with van der Waals surface area (Å²) in [5, 5.41) is 0. The van der Waals surface area contributed by atoms with Crippen LogP contribution in [-0.4, -0.2) is 0 Å². The van der Waals surface area contributed by atoms with Crippen LogP contribution in [0.2, 0.25) is 0 Å². The van der Waals surface area contributed by atoms with Gasteiger partial charge in [0.25, 0.3) is 0 Å². The SMILES string of the molecule is CCC(N)(Cc1c(F)cccc1F)c1cccc(F)c1. The Morgan fingerprint density at radius 2 is 1.60 bits per heavy atom. The molecule has 1 atom stereocenters. The fourth-order valence-corrected chi connectivity index (χ4v) is 2.25. The zero-order valence-electron chi connectivity index (χ0n) is 11.2. The summed E-state index contributed by atoms with van der Waals surface area (Å²) in [7, 11) is 0. The van der Waals surface area contributed by atoms with Crippen molar-refractivity contribution in [3.63, 3.8) is 0 Å². The van der Waals surface area contributed by atoms with Crippen LogP contribution in [0.4, 0.5) is 13.2 Å². The van der Waals surface area contributed by atoms with Crippen molar-refractivity contribution in [3.8, 4) is 0 Å². The van der Waals surface area contributed by atoms with Gasteiger partial charge in [-0.05, 0) is 36.2 Å². The molecule has 0 fully saturated rings. The Labute approximate surface area is 116 Å². The first-order chi connectivity index (χ1) is 9.46. The second kappa shape index (κ2) is 5.67. The Bertz CT molecular complexity index is 592. The van der Waals surface area contributed by atoms with Gasteiger partial charge in [-0.3, -0.25) is 0 Å². The zero-order valence-corrected chi connectivity index (χ0v) is 11.2. The Balaban J connectivity index is 2.42. The first kappa shape index (κ1) is 14.6. The van der Waals surface area contributed by atoms with Crippen molar-refractivity contribution in [3.05, 3.63) is 71.0 Å². The van der Waals surface area contributed by atoms with Crippen LogP contribution in [0.25, 0.3) is 0 Å². The third-order valence-electron chi connectivity index (χ3n) is 3.58. The molecule has 0 saturated heterocycles. The van der Waals surface area contributed by atoms with Crippen molar-refractivity contribution in [2.75, 3.05) is 0 Å². The summed E-state index contributed by atoms with van der Waals surface area (Å²) in [5.41, 5.74) is 5.71. The molecule has 20 heavy (non-hydrogen) atoms. The molecule has 0 aliphatic heterocycles. The van der Waals surface area contributed by atoms with Crippen molar-refractivity contribution in [1.82, 2.24) is 0 Å². The van der Waals surface area contributed by atoms with Crippen LogP contribution in [-0.2, 0) is 12.0 Å². The van der Waals surface area contributed by atoms with E-state index >= 15 is 0 Å². The molecule has 1 unspecified atom stereocenters. The smallest absolute Gasteiger partial charge is 0.129 e. The van der Waals surface area contributed by atoms with Gasteiger partial charge in [-0.1, -0.05) is 25.1 Å². The summed E-state index contributed by atoms with van der Waals surface area (Å²) in [6.45, 7) is 1.81. The van der Waals surface area contributed by atoms with Gasteiger partial charge in [0.05, 0.1) is 0 Å². The minimum absolute atomic E-state index is 0.0224. The lowest BCUT2D eigenvalue weighted by atomic mass is 9.82. The van der Waals surface area contributed by atoms with E-state index in [1.807, 2.05) is 6.92 Å². The molecule has 0 heterocycles. The minimum atomic E-state index is -1.01. The maximum absolute atomic E-state index is 13.7. The molecule has 0 radical (unpaired) electrons. The number of hydrogen-bond donors (Lipinski definition) is 1. The Kier molecular flexibility index (Phi) is 4.14. The number of halogens is 3. The predicted octanol–water partition coefficient (Wildman–Crippen LogP) is 3.91. The van der Waals surface area contributed by atoms with Crippen LogP contribution in [0.5, 0.6) is 0 Å². The lowest BCUT2D eigenvalue weighted by Crippen LogP contribution is -2.39. The number of nitrogens with two attached hydrogens (primary N) is 1. The van der Waals surface area contributed by atoms with Gasteiger partial charge in [-0.15, -0.1) is 0 Å². The van der Waals surface area contributed by atoms with Crippen molar-refractivity contribution < 1.29 is 13.2 Å². The zero-order chi connectivity index (χ0) is 14.8. The summed E-state index contributed by atoms with van der Waals surface area (Å²) in [6, 6.07) is 9.52. The fourth-order valence-electron chi connectivity index (χ4n) is 2.25. The molecule has 2 N–H and O–H groups in total. The number of benzene rings is 2. The van der Waals surface area contributed by atoms with Crippen LogP contribution in [0, 0.1) is 17.5 Å². The molecule has 106 valence electrons. The van der Waals surface area contributed by atoms with Gasteiger partial charge in [0.2, 0.25) is 0 Å². The van der Waals surface area contributed by atoms with Crippen molar-refractivity contribution in [2.45, 2.75) is 25.3 Å². The summed E-state index contributed by atoms with van der Waals surface area (Å²) in [5.74, 6) is -1.69. The molecular weight excluding hydrogens is 263 g/mol. The van der Waals surface area contributed by atoms with Gasteiger partial charge in [-0.25, -0.2) is 13.2 Å². The van der Waals surface area contributed by atoms with Crippen LogP contribution in [0.3, 0.4) is 0 Å². The summed E-state index contributed by atoms with van der Waals surface area (Å²) in [4.78, 5) is 0. The van der Waals surface area contributed by atoms with E-state index in [1.54, 1.807) is 12.1 Å². The second-order valence-corrected chi connectivity index (χ2v) is 4.90. The Morgan fingerprint density at radius 1 is 1.00 bits per heavy atom. The van der Waals surface area contributed by atoms with Gasteiger partial charge in [0.15, 0.2) is 0 Å². The molecular formula is C16H16F3N. The van der Waals surface area contributed by atoms with E-state index in [-0.39, 0.29) is 12.0 Å². The second-order valence-electron chi connectivity index (χ2n) is 4.90. The van der Waals surface area contributed by atoms with E-state index in [4.69, 9.17) is 5.73 Å². The first-order valence-electron chi connectivity index (χ1n) is 6.44. The Morgan fingerprint density at radius 3 is 2.15 bits per heavy atom. The third kappa shape index (κ3) is 2.85. The average molecular weight is 279 g/mol. The first-order valence-corrected chi connectivity index (χ1v) is 6.44. The van der Waals surface area contributed by atoms with E-state index in [9.17, 15) is 13.2 Å². The highest BCUT2D eigenvalue weighted by Gasteiger charge is 2.28. The van der Waals surface area contributed by atoms with Gasteiger partial charge in [0.1, 0.15) is 17.5 Å². The van der Waals surface area contributed by atoms with E-state index < -0.39 is 23.0 Å². The normalized spacial score (nSPS) is 14.1. The summed E-state index contributed by atoms with van der Waals surface area (Å²) >= 11 is 0. The lowest BCUT2D eigenvalue weighted by molar-refractivity contribution is 0.403. The highest BCUT2D eigenvalue weighted by Crippen LogP contribution is 2.29. The monoisotopic (exact) mass is 279 g/mol. The molecule has 0 spiro atoms. The van der Waals surface area contributed by atoms with Crippen LogP contribution in [0.1, 0.15) is 24.5 Å². The quantitative estimate of drug-likeness (QED) is 0.902. The van der Waals surface area contributed by atoms with E-state index in [0.29, 0.717) is 12.0 Å². The van der Waals surface area contributed by atoms with E-state index in [2.05, 4.69) is 0 Å². The molecule has 0 aliphatic carbocycles. The van der Waals surface area contributed by atoms with Gasteiger partial charge in [-0.2, -0.15) is 0 Å². The highest BCUT2D eigenvalue weighted by molar-refractivity contribution is 5.30. The third-order valence-corrected chi connectivity index (χ3v) is 3.58. The van der Waals surface area contributed by atoms with Crippen molar-refractivity contribution in [2.24, 2.45) is 5.73 Å². The number of rotatable bonds is 4. The molecule has 4 heteroatoms. The van der Waals surface area contributed by atoms with Gasteiger partial charge in [0, 0.05) is 17.5 Å². The molecule has 2 aromatic carbocycles. The van der Waals surface area contributed by atoms with Crippen LogP contribution < -0.4 is 5.73 Å². The summed E-state index contributed by atoms with van der Waals surface area (Å²) in [6.07, 6.45) is 0.412. The van der Waals surface area contributed by atoms with Gasteiger partial charge >= 0.3 is 0 Å². The van der Waals surface area contributed by atoms with Crippen LogP contribution >= 0.6 is 0 Å². The molecule has 0 amide bonds. The molecule has 1 nitrogen and oxygen atoms in total. The van der Waals surface area contributed by atoms with E-state index in [0.717, 1.165) is 0 Å².